The number of ether oxygens (including phenoxy) is 1. The maximum absolute atomic E-state index is 13.1. The zero-order valence-electron chi connectivity index (χ0n) is 8.32. The molecule has 0 saturated carbocycles. The first-order valence-electron chi connectivity index (χ1n) is 5.01. The van der Waals surface area contributed by atoms with Gasteiger partial charge in [0.15, 0.2) is 0 Å². The van der Waals surface area contributed by atoms with Crippen molar-refractivity contribution in [2.75, 3.05) is 13.2 Å². The van der Waals surface area contributed by atoms with E-state index in [0.29, 0.717) is 12.4 Å². The molecular formula is C11H14FNO2. The lowest BCUT2D eigenvalue weighted by atomic mass is 9.87. The van der Waals surface area contributed by atoms with Crippen LogP contribution in [0, 0.1) is 5.82 Å². The van der Waals surface area contributed by atoms with Gasteiger partial charge in [0, 0.05) is 17.5 Å². The number of hydrogen-bond donors (Lipinski definition) is 2. The SMILES string of the molecule is NC(CO)C1CCOc2ccc(F)cc21. The van der Waals surface area contributed by atoms with E-state index < -0.39 is 0 Å². The van der Waals surface area contributed by atoms with Gasteiger partial charge in [0.25, 0.3) is 0 Å². The van der Waals surface area contributed by atoms with Crippen LogP contribution < -0.4 is 10.5 Å². The number of aliphatic hydroxyl groups is 1. The fourth-order valence-electron chi connectivity index (χ4n) is 1.96. The zero-order chi connectivity index (χ0) is 10.8. The maximum atomic E-state index is 13.1. The van der Waals surface area contributed by atoms with E-state index in [1.807, 2.05) is 0 Å². The Morgan fingerprint density at radius 3 is 3.13 bits per heavy atom. The molecule has 3 nitrogen and oxygen atoms in total. The molecule has 0 amide bonds. The maximum Gasteiger partial charge on any atom is 0.123 e. The lowest BCUT2D eigenvalue weighted by Gasteiger charge is -2.29. The van der Waals surface area contributed by atoms with Gasteiger partial charge in [0.1, 0.15) is 11.6 Å². The normalized spacial score (nSPS) is 21.7. The molecule has 0 bridgehead atoms. The van der Waals surface area contributed by atoms with Crippen LogP contribution in [-0.2, 0) is 0 Å². The largest absolute Gasteiger partial charge is 0.493 e. The smallest absolute Gasteiger partial charge is 0.123 e. The second-order valence-corrected chi connectivity index (χ2v) is 3.77. The Balaban J connectivity index is 2.36. The fraction of sp³-hybridized carbons (Fsp3) is 0.455. The van der Waals surface area contributed by atoms with Crippen molar-refractivity contribution < 1.29 is 14.2 Å². The summed E-state index contributed by atoms with van der Waals surface area (Å²) in [5.74, 6) is 0.361. The molecule has 4 heteroatoms. The van der Waals surface area contributed by atoms with Crippen molar-refractivity contribution in [3.05, 3.63) is 29.6 Å². The van der Waals surface area contributed by atoms with Crippen molar-refractivity contribution >= 4 is 0 Å². The van der Waals surface area contributed by atoms with Crippen molar-refractivity contribution in [2.24, 2.45) is 5.73 Å². The third-order valence-electron chi connectivity index (χ3n) is 2.79. The van der Waals surface area contributed by atoms with E-state index in [1.54, 1.807) is 6.07 Å². The van der Waals surface area contributed by atoms with Gasteiger partial charge in [-0.2, -0.15) is 0 Å². The van der Waals surface area contributed by atoms with E-state index in [-0.39, 0.29) is 24.4 Å². The number of hydrogen-bond acceptors (Lipinski definition) is 3. The number of aliphatic hydroxyl groups excluding tert-OH is 1. The average molecular weight is 211 g/mol. The Labute approximate surface area is 87.7 Å². The monoisotopic (exact) mass is 211 g/mol. The van der Waals surface area contributed by atoms with Crippen molar-refractivity contribution in [3.63, 3.8) is 0 Å². The van der Waals surface area contributed by atoms with Gasteiger partial charge in [0.05, 0.1) is 13.2 Å². The molecule has 82 valence electrons. The zero-order valence-corrected chi connectivity index (χ0v) is 8.32. The van der Waals surface area contributed by atoms with E-state index in [1.165, 1.54) is 12.1 Å². The predicted molar refractivity (Wildman–Crippen MR) is 54.3 cm³/mol. The van der Waals surface area contributed by atoms with E-state index in [4.69, 9.17) is 15.6 Å². The first kappa shape index (κ1) is 10.4. The molecule has 1 heterocycles. The van der Waals surface area contributed by atoms with Crippen LogP contribution in [0.1, 0.15) is 17.9 Å². The highest BCUT2D eigenvalue weighted by Crippen LogP contribution is 2.35. The van der Waals surface area contributed by atoms with Crippen molar-refractivity contribution in [2.45, 2.75) is 18.4 Å². The van der Waals surface area contributed by atoms with E-state index in [2.05, 4.69) is 0 Å². The van der Waals surface area contributed by atoms with Gasteiger partial charge >= 0.3 is 0 Å². The molecule has 3 N–H and O–H groups in total. The van der Waals surface area contributed by atoms with Crippen LogP contribution in [-0.4, -0.2) is 24.4 Å². The molecule has 1 aliphatic heterocycles. The summed E-state index contributed by atoms with van der Waals surface area (Å²) in [5, 5.41) is 9.02. The van der Waals surface area contributed by atoms with E-state index in [0.717, 1.165) is 12.0 Å². The highest BCUT2D eigenvalue weighted by atomic mass is 19.1. The molecule has 0 saturated heterocycles. The number of benzene rings is 1. The predicted octanol–water partition coefficient (Wildman–Crippen LogP) is 1.01. The number of fused-ring (bicyclic) bond motifs is 1. The third kappa shape index (κ3) is 1.96. The van der Waals surface area contributed by atoms with Crippen molar-refractivity contribution in [1.82, 2.24) is 0 Å². The molecule has 2 rings (SSSR count). The lowest BCUT2D eigenvalue weighted by Crippen LogP contribution is -2.35. The van der Waals surface area contributed by atoms with Gasteiger partial charge in [0.2, 0.25) is 0 Å². The van der Waals surface area contributed by atoms with Crippen molar-refractivity contribution in [1.29, 1.82) is 0 Å². The van der Waals surface area contributed by atoms with Crippen LogP contribution in [0.4, 0.5) is 4.39 Å². The summed E-state index contributed by atoms with van der Waals surface area (Å²) in [5.41, 5.74) is 6.55. The van der Waals surface area contributed by atoms with Gasteiger partial charge in [-0.3, -0.25) is 0 Å². The summed E-state index contributed by atoms with van der Waals surface area (Å²) in [4.78, 5) is 0. The van der Waals surface area contributed by atoms with Crippen LogP contribution in [0.5, 0.6) is 5.75 Å². The Hall–Kier alpha value is -1.13. The molecule has 1 aromatic carbocycles. The average Bonchev–Trinajstić information content (AvgIpc) is 2.27. The van der Waals surface area contributed by atoms with Crippen LogP contribution in [0.15, 0.2) is 18.2 Å². The third-order valence-corrected chi connectivity index (χ3v) is 2.79. The summed E-state index contributed by atoms with van der Waals surface area (Å²) < 4.78 is 18.5. The second-order valence-electron chi connectivity index (χ2n) is 3.77. The molecule has 2 unspecified atom stereocenters. The molecule has 0 spiro atoms. The standard InChI is InChI=1S/C11H14FNO2/c12-7-1-2-11-9(5-7)8(3-4-15-11)10(13)6-14/h1-2,5,8,10,14H,3-4,6,13H2. The molecular weight excluding hydrogens is 197 g/mol. The summed E-state index contributed by atoms with van der Waals surface area (Å²) in [6.07, 6.45) is 0.720. The summed E-state index contributed by atoms with van der Waals surface area (Å²) in [6.45, 7) is 0.470. The fourth-order valence-corrected chi connectivity index (χ4v) is 1.96. The van der Waals surface area contributed by atoms with Gasteiger partial charge in [-0.15, -0.1) is 0 Å². The highest BCUT2D eigenvalue weighted by Gasteiger charge is 2.26. The van der Waals surface area contributed by atoms with Crippen LogP contribution in [0.3, 0.4) is 0 Å². The van der Waals surface area contributed by atoms with E-state index >= 15 is 0 Å². The minimum atomic E-state index is -0.352. The molecule has 0 fully saturated rings. The topological polar surface area (TPSA) is 55.5 Å². The number of halogens is 1. The lowest BCUT2D eigenvalue weighted by molar-refractivity contribution is 0.208. The van der Waals surface area contributed by atoms with Gasteiger partial charge < -0.3 is 15.6 Å². The second kappa shape index (κ2) is 4.16. The molecule has 0 radical (unpaired) electrons. The van der Waals surface area contributed by atoms with Gasteiger partial charge in [-0.25, -0.2) is 4.39 Å². The molecule has 1 aromatic rings. The molecule has 2 atom stereocenters. The van der Waals surface area contributed by atoms with Gasteiger partial charge in [-0.1, -0.05) is 0 Å². The first-order chi connectivity index (χ1) is 7.22. The Kier molecular flexibility index (Phi) is 2.88. The summed E-state index contributed by atoms with van der Waals surface area (Å²) in [6, 6.07) is 4.07. The summed E-state index contributed by atoms with van der Waals surface area (Å²) in [7, 11) is 0. The quantitative estimate of drug-likeness (QED) is 0.767. The van der Waals surface area contributed by atoms with Crippen LogP contribution in [0.2, 0.25) is 0 Å². The number of nitrogens with two attached hydrogens (primary N) is 1. The Bertz CT molecular complexity index is 356. The van der Waals surface area contributed by atoms with E-state index in [9.17, 15) is 4.39 Å². The van der Waals surface area contributed by atoms with Crippen LogP contribution in [0.25, 0.3) is 0 Å². The molecule has 0 aliphatic carbocycles. The highest BCUT2D eigenvalue weighted by molar-refractivity contribution is 5.39. The first-order valence-corrected chi connectivity index (χ1v) is 5.01. The number of rotatable bonds is 2. The minimum absolute atomic E-state index is 0.0190. The molecule has 0 aromatic heterocycles. The molecule has 15 heavy (non-hydrogen) atoms. The Morgan fingerprint density at radius 1 is 1.60 bits per heavy atom. The molecule has 1 aliphatic rings. The summed E-state index contributed by atoms with van der Waals surface area (Å²) >= 11 is 0. The van der Waals surface area contributed by atoms with Crippen LogP contribution >= 0.6 is 0 Å². The van der Waals surface area contributed by atoms with Crippen molar-refractivity contribution in [3.8, 4) is 5.75 Å². The Morgan fingerprint density at radius 2 is 2.40 bits per heavy atom. The van der Waals surface area contributed by atoms with Gasteiger partial charge in [-0.05, 0) is 24.6 Å². The minimum Gasteiger partial charge on any atom is -0.493 e.